The Kier molecular flexibility index (Phi) is 8.89. The first-order valence-corrected chi connectivity index (χ1v) is 9.59. The van der Waals surface area contributed by atoms with Crippen molar-refractivity contribution >= 4 is 30.6 Å². The summed E-state index contributed by atoms with van der Waals surface area (Å²) in [6, 6.07) is 7.16. The number of nitrogens with zero attached hydrogens (tertiary/aromatic N) is 3. The number of fused-ring (bicyclic) bond motifs is 1. The van der Waals surface area contributed by atoms with Crippen LogP contribution < -0.4 is 10.6 Å². The molecule has 1 atom stereocenters. The number of hydrogen-bond donors (Lipinski definition) is 2. The zero-order valence-corrected chi connectivity index (χ0v) is 17.5. The average Bonchev–Trinajstić information content (AvgIpc) is 3.08. The topological polar surface area (TPSA) is 53.1 Å². The number of halogens is 3. The van der Waals surface area contributed by atoms with Gasteiger partial charge in [-0.3, -0.25) is 4.90 Å². The van der Waals surface area contributed by atoms with Crippen LogP contribution in [0.5, 0.6) is 0 Å². The van der Waals surface area contributed by atoms with Gasteiger partial charge in [0.2, 0.25) is 0 Å². The summed E-state index contributed by atoms with van der Waals surface area (Å²) in [4.78, 5) is 11.3. The number of anilines is 1. The van der Waals surface area contributed by atoms with Gasteiger partial charge in [-0.1, -0.05) is 18.2 Å². The molecule has 1 aromatic heterocycles. The smallest absolute Gasteiger partial charge is 0.132 e. The highest BCUT2D eigenvalue weighted by atomic mass is 35.5. The van der Waals surface area contributed by atoms with E-state index in [2.05, 4.69) is 25.5 Å². The molecule has 1 saturated heterocycles. The molecular weight excluding hydrogens is 400 g/mol. The Morgan fingerprint density at radius 2 is 1.82 bits per heavy atom. The Hall–Kier alpha value is -1.47. The van der Waals surface area contributed by atoms with Gasteiger partial charge in [0.25, 0.3) is 0 Å². The minimum absolute atomic E-state index is 0. The number of benzene rings is 1. The van der Waals surface area contributed by atoms with Gasteiger partial charge in [-0.05, 0) is 45.0 Å². The second-order valence-electron chi connectivity index (χ2n) is 7.06. The molecule has 0 saturated carbocycles. The van der Waals surface area contributed by atoms with Crippen molar-refractivity contribution in [2.24, 2.45) is 0 Å². The second kappa shape index (κ2) is 10.9. The van der Waals surface area contributed by atoms with Crippen molar-refractivity contribution in [3.63, 3.8) is 0 Å². The first kappa shape index (κ1) is 22.8. The summed E-state index contributed by atoms with van der Waals surface area (Å²) in [6.45, 7) is 4.59. The molecule has 2 N–H and O–H groups in total. The highest BCUT2D eigenvalue weighted by molar-refractivity contribution is 5.85. The molecule has 2 aromatic rings. The van der Waals surface area contributed by atoms with Crippen LogP contribution >= 0.6 is 24.8 Å². The van der Waals surface area contributed by atoms with Gasteiger partial charge in [0.05, 0.1) is 11.7 Å². The molecule has 2 aliphatic heterocycles. The van der Waals surface area contributed by atoms with Gasteiger partial charge in [-0.25, -0.2) is 14.4 Å². The maximum absolute atomic E-state index is 14.5. The van der Waals surface area contributed by atoms with Crippen molar-refractivity contribution < 1.29 is 4.39 Å². The van der Waals surface area contributed by atoms with E-state index in [1.807, 2.05) is 12.1 Å². The summed E-state index contributed by atoms with van der Waals surface area (Å²) in [5.74, 6) is 0.774. The summed E-state index contributed by atoms with van der Waals surface area (Å²) in [5.41, 5.74) is 3.09. The van der Waals surface area contributed by atoms with E-state index in [-0.39, 0.29) is 36.7 Å². The first-order chi connectivity index (χ1) is 12.8. The quantitative estimate of drug-likeness (QED) is 0.765. The highest BCUT2D eigenvalue weighted by Crippen LogP contribution is 2.28. The van der Waals surface area contributed by atoms with Crippen molar-refractivity contribution in [1.82, 2.24) is 20.2 Å². The lowest BCUT2D eigenvalue weighted by atomic mass is 10.0. The fourth-order valence-corrected chi connectivity index (χ4v) is 4.05. The predicted octanol–water partition coefficient (Wildman–Crippen LogP) is 3.40. The van der Waals surface area contributed by atoms with Gasteiger partial charge < -0.3 is 10.6 Å². The van der Waals surface area contributed by atoms with Crippen LogP contribution in [0.3, 0.4) is 0 Å². The minimum Gasteiger partial charge on any atom is -0.368 e. The van der Waals surface area contributed by atoms with Gasteiger partial charge in [0, 0.05) is 30.6 Å². The minimum atomic E-state index is -0.128. The molecule has 0 amide bonds. The molecule has 0 aliphatic carbocycles. The normalized spacial score (nSPS) is 17.6. The van der Waals surface area contributed by atoms with Crippen LogP contribution in [0.4, 0.5) is 10.2 Å². The molecule has 8 heteroatoms. The Morgan fingerprint density at radius 1 is 1.07 bits per heavy atom. The van der Waals surface area contributed by atoms with E-state index in [1.54, 1.807) is 18.5 Å². The molecule has 2 aliphatic rings. The van der Waals surface area contributed by atoms with E-state index in [0.717, 1.165) is 56.1 Å². The van der Waals surface area contributed by atoms with Crippen LogP contribution in [0.2, 0.25) is 0 Å². The molecule has 5 nitrogen and oxygen atoms in total. The van der Waals surface area contributed by atoms with Crippen LogP contribution in [0.15, 0.2) is 30.6 Å². The van der Waals surface area contributed by atoms with Crippen LogP contribution in [0.25, 0.3) is 0 Å². The number of rotatable bonds is 5. The van der Waals surface area contributed by atoms with Crippen molar-refractivity contribution in [1.29, 1.82) is 0 Å². The van der Waals surface area contributed by atoms with Crippen LogP contribution in [-0.4, -0.2) is 47.6 Å². The molecule has 3 heterocycles. The fraction of sp³-hybridized carbons (Fsp3) is 0.500. The van der Waals surface area contributed by atoms with Crippen LogP contribution in [0.1, 0.15) is 35.7 Å². The van der Waals surface area contributed by atoms with E-state index in [0.29, 0.717) is 6.54 Å². The summed E-state index contributed by atoms with van der Waals surface area (Å²) < 4.78 is 14.5. The van der Waals surface area contributed by atoms with E-state index in [1.165, 1.54) is 18.4 Å². The van der Waals surface area contributed by atoms with Crippen molar-refractivity contribution in [2.75, 3.05) is 38.0 Å². The lowest BCUT2D eigenvalue weighted by molar-refractivity contribution is 0.250. The van der Waals surface area contributed by atoms with E-state index in [9.17, 15) is 4.39 Å². The number of nitrogens with one attached hydrogen (secondary N) is 2. The molecule has 1 aromatic carbocycles. The molecular formula is C20H28Cl2FN5. The molecule has 154 valence electrons. The van der Waals surface area contributed by atoms with Crippen LogP contribution in [-0.2, 0) is 12.8 Å². The maximum Gasteiger partial charge on any atom is 0.132 e. The highest BCUT2D eigenvalue weighted by Gasteiger charge is 2.26. The molecule has 28 heavy (non-hydrogen) atoms. The lowest BCUT2D eigenvalue weighted by Gasteiger charge is -2.29. The van der Waals surface area contributed by atoms with Crippen molar-refractivity contribution in [2.45, 2.75) is 31.7 Å². The third-order valence-corrected chi connectivity index (χ3v) is 5.43. The van der Waals surface area contributed by atoms with Crippen molar-refractivity contribution in [3.05, 3.63) is 53.2 Å². The zero-order valence-electron chi connectivity index (χ0n) is 15.9. The third-order valence-electron chi connectivity index (χ3n) is 5.43. The maximum atomic E-state index is 14.5. The van der Waals surface area contributed by atoms with E-state index < -0.39 is 0 Å². The Bertz CT molecular complexity index is 755. The summed E-state index contributed by atoms with van der Waals surface area (Å²) >= 11 is 0. The molecule has 0 bridgehead atoms. The van der Waals surface area contributed by atoms with Gasteiger partial charge in [-0.15, -0.1) is 24.8 Å². The Morgan fingerprint density at radius 3 is 2.61 bits per heavy atom. The lowest BCUT2D eigenvalue weighted by Crippen LogP contribution is -2.32. The Balaban J connectivity index is 0.00000140. The molecule has 0 radical (unpaired) electrons. The molecule has 1 fully saturated rings. The molecule has 4 rings (SSSR count). The van der Waals surface area contributed by atoms with Crippen molar-refractivity contribution in [3.8, 4) is 0 Å². The van der Waals surface area contributed by atoms with E-state index >= 15 is 0 Å². The van der Waals surface area contributed by atoms with E-state index in [4.69, 9.17) is 0 Å². The largest absolute Gasteiger partial charge is 0.368 e. The second-order valence-corrected chi connectivity index (χ2v) is 7.06. The average molecular weight is 428 g/mol. The predicted molar refractivity (Wildman–Crippen MR) is 115 cm³/mol. The molecule has 1 unspecified atom stereocenters. The standard InChI is InChI=1S/C20H26FN5.2ClH/c21-17-6-2-1-5-15(17)19(26-11-3-4-12-26)13-23-20-16-7-9-22-10-8-18(16)24-14-25-20;;/h1-2,5-6,14,19,22H,3-4,7-13H2,(H,23,24,25);2*1H. The van der Waals surface area contributed by atoms with Gasteiger partial charge in [0.15, 0.2) is 0 Å². The first-order valence-electron chi connectivity index (χ1n) is 9.59. The number of aromatic nitrogens is 2. The fourth-order valence-electron chi connectivity index (χ4n) is 4.05. The summed E-state index contributed by atoms with van der Waals surface area (Å²) in [5, 5.41) is 6.93. The molecule has 0 spiro atoms. The monoisotopic (exact) mass is 427 g/mol. The summed E-state index contributed by atoms with van der Waals surface area (Å²) in [7, 11) is 0. The van der Waals surface area contributed by atoms with Gasteiger partial charge in [0.1, 0.15) is 18.0 Å². The van der Waals surface area contributed by atoms with Crippen LogP contribution in [0, 0.1) is 5.82 Å². The third kappa shape index (κ3) is 5.11. The number of likely N-dealkylation sites (tertiary alicyclic amines) is 1. The Labute approximate surface area is 178 Å². The summed E-state index contributed by atoms with van der Waals surface area (Å²) in [6.07, 6.45) is 5.85. The van der Waals surface area contributed by atoms with Gasteiger partial charge in [-0.2, -0.15) is 0 Å². The van der Waals surface area contributed by atoms with Gasteiger partial charge >= 0.3 is 0 Å². The zero-order chi connectivity index (χ0) is 17.8. The SMILES string of the molecule is Cl.Cl.Fc1ccccc1C(CNc1ncnc2c1CCNCC2)N1CCCC1. The number of hydrogen-bond acceptors (Lipinski definition) is 5.